The molecule has 0 aliphatic carbocycles. The Bertz CT molecular complexity index is 304. The molecule has 1 aromatic rings. The Labute approximate surface area is 106 Å². The molecule has 0 fully saturated rings. The number of aliphatic hydroxyl groups is 1. The second-order valence-corrected chi connectivity index (χ2v) is 4.94. The van der Waals surface area contributed by atoms with Crippen molar-refractivity contribution in [3.05, 3.63) is 31.8 Å². The Morgan fingerprint density at radius 2 is 2.29 bits per heavy atom. The summed E-state index contributed by atoms with van der Waals surface area (Å²) in [6.07, 6.45) is -0.556. The average Bonchev–Trinajstić information content (AvgIpc) is 2.18. The molecule has 78 valence electrons. The van der Waals surface area contributed by atoms with Crippen LogP contribution in [0.5, 0.6) is 0 Å². The minimum atomic E-state index is -0.556. The maximum absolute atomic E-state index is 9.80. The van der Waals surface area contributed by atoms with E-state index in [4.69, 9.17) is 4.74 Å². The molecule has 1 aromatic carbocycles. The highest BCUT2D eigenvalue weighted by Gasteiger charge is 2.11. The van der Waals surface area contributed by atoms with E-state index in [1.54, 1.807) is 0 Å². The highest BCUT2D eigenvalue weighted by atomic mass is 127. The lowest BCUT2D eigenvalue weighted by molar-refractivity contribution is 0.0416. The van der Waals surface area contributed by atoms with Crippen LogP contribution in [0.25, 0.3) is 0 Å². The molecule has 2 nitrogen and oxygen atoms in total. The van der Waals surface area contributed by atoms with E-state index < -0.39 is 6.10 Å². The molecule has 1 unspecified atom stereocenters. The Balaban J connectivity index is 2.77. The summed E-state index contributed by atoms with van der Waals surface area (Å²) in [5, 5.41) is 9.80. The number of aliphatic hydroxyl groups excluding tert-OH is 1. The molecule has 0 saturated carbocycles. The van der Waals surface area contributed by atoms with Crippen molar-refractivity contribution in [2.75, 3.05) is 13.2 Å². The summed E-state index contributed by atoms with van der Waals surface area (Å²) in [5.41, 5.74) is 0.880. The molecule has 1 atom stereocenters. The average molecular weight is 371 g/mol. The number of hydrogen-bond acceptors (Lipinski definition) is 2. The van der Waals surface area contributed by atoms with Crippen molar-refractivity contribution in [2.24, 2.45) is 0 Å². The van der Waals surface area contributed by atoms with Crippen molar-refractivity contribution < 1.29 is 9.84 Å². The Morgan fingerprint density at radius 1 is 1.57 bits per heavy atom. The van der Waals surface area contributed by atoms with Crippen LogP contribution in [0.2, 0.25) is 0 Å². The second kappa shape index (κ2) is 6.05. The van der Waals surface area contributed by atoms with E-state index in [-0.39, 0.29) is 0 Å². The molecule has 0 heterocycles. The highest BCUT2D eigenvalue weighted by Crippen LogP contribution is 2.25. The van der Waals surface area contributed by atoms with Crippen molar-refractivity contribution in [3.8, 4) is 0 Å². The van der Waals surface area contributed by atoms with Crippen molar-refractivity contribution in [2.45, 2.75) is 13.0 Å². The number of ether oxygens (including phenoxy) is 1. The van der Waals surface area contributed by atoms with Crippen LogP contribution >= 0.6 is 38.5 Å². The third kappa shape index (κ3) is 3.49. The lowest BCUT2D eigenvalue weighted by Crippen LogP contribution is -2.07. The van der Waals surface area contributed by atoms with Crippen LogP contribution in [0.3, 0.4) is 0 Å². The maximum Gasteiger partial charge on any atom is 0.103 e. The molecule has 1 N–H and O–H groups in total. The van der Waals surface area contributed by atoms with Crippen LogP contribution in [-0.2, 0) is 4.74 Å². The maximum atomic E-state index is 9.80. The molecule has 0 radical (unpaired) electrons. The molecular formula is C10H12BrIO2. The number of hydrogen-bond donors (Lipinski definition) is 1. The quantitative estimate of drug-likeness (QED) is 0.825. The van der Waals surface area contributed by atoms with Crippen molar-refractivity contribution in [1.82, 2.24) is 0 Å². The molecule has 4 heteroatoms. The van der Waals surface area contributed by atoms with Gasteiger partial charge in [-0.1, -0.05) is 15.9 Å². The van der Waals surface area contributed by atoms with Gasteiger partial charge in [-0.2, -0.15) is 0 Å². The van der Waals surface area contributed by atoms with E-state index in [9.17, 15) is 5.11 Å². The zero-order valence-electron chi connectivity index (χ0n) is 7.84. The topological polar surface area (TPSA) is 29.5 Å². The predicted molar refractivity (Wildman–Crippen MR) is 68.3 cm³/mol. The summed E-state index contributed by atoms with van der Waals surface area (Å²) in [4.78, 5) is 0. The van der Waals surface area contributed by atoms with Gasteiger partial charge in [0.15, 0.2) is 0 Å². The molecule has 0 aliphatic heterocycles. The van der Waals surface area contributed by atoms with Gasteiger partial charge in [0.25, 0.3) is 0 Å². The van der Waals surface area contributed by atoms with Gasteiger partial charge in [-0.25, -0.2) is 0 Å². The van der Waals surface area contributed by atoms with Crippen LogP contribution in [0.1, 0.15) is 18.6 Å². The summed E-state index contributed by atoms with van der Waals surface area (Å²) < 4.78 is 7.20. The first-order valence-electron chi connectivity index (χ1n) is 4.36. The van der Waals surface area contributed by atoms with Crippen molar-refractivity contribution >= 4 is 38.5 Å². The molecule has 0 saturated heterocycles. The molecule has 0 spiro atoms. The van der Waals surface area contributed by atoms with E-state index in [1.807, 2.05) is 25.1 Å². The predicted octanol–water partition coefficient (Wildman–Crippen LogP) is 3.12. The molecule has 1 rings (SSSR count). The lowest BCUT2D eigenvalue weighted by atomic mass is 10.1. The van der Waals surface area contributed by atoms with Gasteiger partial charge in [0.1, 0.15) is 6.10 Å². The van der Waals surface area contributed by atoms with Gasteiger partial charge >= 0.3 is 0 Å². The fourth-order valence-electron chi connectivity index (χ4n) is 1.09. The van der Waals surface area contributed by atoms with Crippen LogP contribution < -0.4 is 0 Å². The number of rotatable bonds is 4. The monoisotopic (exact) mass is 370 g/mol. The first kappa shape index (κ1) is 12.4. The van der Waals surface area contributed by atoms with Gasteiger partial charge < -0.3 is 9.84 Å². The van der Waals surface area contributed by atoms with Crippen LogP contribution in [0, 0.1) is 3.57 Å². The van der Waals surface area contributed by atoms with Crippen molar-refractivity contribution in [3.63, 3.8) is 0 Å². The summed E-state index contributed by atoms with van der Waals surface area (Å²) >= 11 is 5.62. The summed E-state index contributed by atoms with van der Waals surface area (Å²) in [7, 11) is 0. The zero-order valence-corrected chi connectivity index (χ0v) is 11.6. The van der Waals surface area contributed by atoms with E-state index >= 15 is 0 Å². The third-order valence-corrected chi connectivity index (χ3v) is 3.19. The van der Waals surface area contributed by atoms with Gasteiger partial charge in [-0.15, -0.1) is 0 Å². The number of benzene rings is 1. The fourth-order valence-corrected chi connectivity index (χ4v) is 2.12. The molecule has 0 aliphatic rings. The third-order valence-electron chi connectivity index (χ3n) is 1.80. The summed E-state index contributed by atoms with van der Waals surface area (Å²) in [6.45, 7) is 2.88. The van der Waals surface area contributed by atoms with E-state index in [0.717, 1.165) is 13.6 Å². The fraction of sp³-hybridized carbons (Fsp3) is 0.400. The first-order valence-corrected chi connectivity index (χ1v) is 6.23. The van der Waals surface area contributed by atoms with Gasteiger partial charge in [0.05, 0.1) is 6.61 Å². The molecule has 0 bridgehead atoms. The molecular weight excluding hydrogens is 359 g/mol. The second-order valence-electron chi connectivity index (χ2n) is 2.84. The normalized spacial score (nSPS) is 12.9. The SMILES string of the molecule is CCOCC(O)c1cc(I)ccc1Br. The largest absolute Gasteiger partial charge is 0.386 e. The van der Waals surface area contributed by atoms with Crippen LogP contribution in [0.15, 0.2) is 22.7 Å². The Hall–Kier alpha value is 0.350. The first-order chi connectivity index (χ1) is 6.65. The summed E-state index contributed by atoms with van der Waals surface area (Å²) in [5.74, 6) is 0. The Morgan fingerprint density at radius 3 is 2.93 bits per heavy atom. The van der Waals surface area contributed by atoms with Gasteiger partial charge in [-0.05, 0) is 53.3 Å². The molecule has 14 heavy (non-hydrogen) atoms. The Kier molecular flexibility index (Phi) is 5.36. The van der Waals surface area contributed by atoms with E-state index in [0.29, 0.717) is 13.2 Å². The van der Waals surface area contributed by atoms with E-state index in [1.165, 1.54) is 0 Å². The minimum Gasteiger partial charge on any atom is -0.386 e. The highest BCUT2D eigenvalue weighted by molar-refractivity contribution is 14.1. The van der Waals surface area contributed by atoms with Crippen molar-refractivity contribution in [1.29, 1.82) is 0 Å². The van der Waals surface area contributed by atoms with Gasteiger partial charge in [0.2, 0.25) is 0 Å². The summed E-state index contributed by atoms with van der Waals surface area (Å²) in [6, 6.07) is 5.88. The lowest BCUT2D eigenvalue weighted by Gasteiger charge is -2.12. The van der Waals surface area contributed by atoms with Crippen LogP contribution in [-0.4, -0.2) is 18.3 Å². The standard InChI is InChI=1S/C10H12BrIO2/c1-2-14-6-10(13)8-5-7(12)3-4-9(8)11/h3-5,10,13H,2,6H2,1H3. The zero-order chi connectivity index (χ0) is 10.6. The van der Waals surface area contributed by atoms with Crippen LogP contribution in [0.4, 0.5) is 0 Å². The number of halogens is 2. The minimum absolute atomic E-state index is 0.342. The molecule has 0 aromatic heterocycles. The van der Waals surface area contributed by atoms with E-state index in [2.05, 4.69) is 38.5 Å². The van der Waals surface area contributed by atoms with Gasteiger partial charge in [0, 0.05) is 14.6 Å². The smallest absolute Gasteiger partial charge is 0.103 e. The molecule has 0 amide bonds. The van der Waals surface area contributed by atoms with Gasteiger partial charge in [-0.3, -0.25) is 0 Å².